The molecule has 0 bridgehead atoms. The van der Waals surface area contributed by atoms with Crippen molar-refractivity contribution >= 4 is 11.8 Å². The van der Waals surface area contributed by atoms with E-state index >= 15 is 0 Å². The van der Waals surface area contributed by atoms with Crippen LogP contribution in [0.1, 0.15) is 30.5 Å². The highest BCUT2D eigenvalue weighted by Gasteiger charge is 2.22. The highest BCUT2D eigenvalue weighted by atomic mass is 32.2. The van der Waals surface area contributed by atoms with E-state index in [4.69, 9.17) is 5.73 Å². The molecule has 0 aliphatic heterocycles. The summed E-state index contributed by atoms with van der Waals surface area (Å²) in [6, 6.07) is 9.24. The molecule has 0 fully saturated rings. The number of thioether (sulfide) groups is 1. The zero-order valence-corrected chi connectivity index (χ0v) is 12.8. The molecule has 3 heteroatoms. The molecule has 1 aromatic carbocycles. The van der Waals surface area contributed by atoms with Gasteiger partial charge in [0.2, 0.25) is 0 Å². The molecule has 0 aromatic heterocycles. The molecule has 0 saturated carbocycles. The van der Waals surface area contributed by atoms with Gasteiger partial charge < -0.3 is 5.73 Å². The van der Waals surface area contributed by atoms with Crippen molar-refractivity contribution in [1.82, 2.24) is 4.90 Å². The van der Waals surface area contributed by atoms with Crippen LogP contribution in [0.2, 0.25) is 0 Å². The van der Waals surface area contributed by atoms with Crippen LogP contribution in [0, 0.1) is 6.92 Å². The summed E-state index contributed by atoms with van der Waals surface area (Å²) in [4.78, 5) is 2.39. The monoisotopic (exact) mass is 266 g/mol. The molecule has 0 saturated heterocycles. The molecule has 1 aromatic rings. The Kier molecular flexibility index (Phi) is 6.76. The molecule has 0 spiro atoms. The molecule has 2 nitrogen and oxygen atoms in total. The van der Waals surface area contributed by atoms with Crippen LogP contribution in [-0.4, -0.2) is 36.5 Å². The topological polar surface area (TPSA) is 29.3 Å². The average Bonchev–Trinajstić information content (AvgIpc) is 2.36. The second kappa shape index (κ2) is 7.82. The Morgan fingerprint density at radius 2 is 2.11 bits per heavy atom. The number of benzene rings is 1. The lowest BCUT2D eigenvalue weighted by atomic mass is 9.95. The van der Waals surface area contributed by atoms with Crippen LogP contribution in [0.5, 0.6) is 0 Å². The molecule has 0 heterocycles. The summed E-state index contributed by atoms with van der Waals surface area (Å²) in [7, 11) is 2.18. The molecule has 0 aliphatic carbocycles. The number of aryl methyl sites for hydroxylation is 1. The maximum Gasteiger partial charge on any atom is 0.0496 e. The molecule has 0 aliphatic rings. The van der Waals surface area contributed by atoms with Gasteiger partial charge in [0, 0.05) is 24.4 Å². The van der Waals surface area contributed by atoms with E-state index in [-0.39, 0.29) is 6.04 Å². The van der Waals surface area contributed by atoms with Crippen LogP contribution in [0.25, 0.3) is 0 Å². The highest BCUT2D eigenvalue weighted by molar-refractivity contribution is 7.98. The van der Waals surface area contributed by atoms with Crippen molar-refractivity contribution in [2.24, 2.45) is 5.73 Å². The molecule has 0 amide bonds. The minimum absolute atomic E-state index is 0.193. The van der Waals surface area contributed by atoms with Crippen molar-refractivity contribution in [3.05, 3.63) is 35.4 Å². The fraction of sp³-hybridized carbons (Fsp3) is 0.600. The molecule has 0 radical (unpaired) electrons. The van der Waals surface area contributed by atoms with Crippen molar-refractivity contribution < 1.29 is 0 Å². The lowest BCUT2D eigenvalue weighted by Gasteiger charge is -2.33. The molecular formula is C15H26N2S. The number of rotatable bonds is 7. The highest BCUT2D eigenvalue weighted by Crippen LogP contribution is 2.24. The summed E-state index contributed by atoms with van der Waals surface area (Å²) in [6.07, 6.45) is 3.15. The Labute approximate surface area is 116 Å². The summed E-state index contributed by atoms with van der Waals surface area (Å²) in [5.41, 5.74) is 8.97. The van der Waals surface area contributed by atoms with Crippen LogP contribution in [-0.2, 0) is 0 Å². The van der Waals surface area contributed by atoms with Crippen LogP contribution < -0.4 is 5.73 Å². The number of hydrogen-bond acceptors (Lipinski definition) is 3. The second-order valence-electron chi connectivity index (χ2n) is 4.90. The Balaban J connectivity index is 2.90. The predicted molar refractivity (Wildman–Crippen MR) is 83.2 cm³/mol. The van der Waals surface area contributed by atoms with Gasteiger partial charge in [-0.2, -0.15) is 11.8 Å². The Morgan fingerprint density at radius 3 is 2.67 bits per heavy atom. The normalized spacial score (nSPS) is 14.8. The third kappa shape index (κ3) is 4.30. The first-order chi connectivity index (χ1) is 8.60. The van der Waals surface area contributed by atoms with Gasteiger partial charge in [-0.3, -0.25) is 4.90 Å². The first-order valence-corrected chi connectivity index (χ1v) is 8.00. The number of hydrogen-bond donors (Lipinski definition) is 1. The Hall–Kier alpha value is -0.510. The van der Waals surface area contributed by atoms with Gasteiger partial charge in [0.1, 0.15) is 0 Å². The maximum atomic E-state index is 6.32. The standard InChI is InChI=1S/C15H26N2S/c1-5-14(16)15(17(3)9-10-18-4)13-8-6-7-12(2)11-13/h6-8,11,14-15H,5,9-10,16H2,1-4H3. The minimum atomic E-state index is 0.193. The Morgan fingerprint density at radius 1 is 1.39 bits per heavy atom. The van der Waals surface area contributed by atoms with E-state index in [1.165, 1.54) is 11.1 Å². The second-order valence-corrected chi connectivity index (χ2v) is 5.89. The van der Waals surface area contributed by atoms with Crippen molar-refractivity contribution in [1.29, 1.82) is 0 Å². The number of nitrogens with zero attached hydrogens (tertiary/aromatic N) is 1. The molecule has 2 atom stereocenters. The SMILES string of the molecule is CCC(N)C(c1cccc(C)c1)N(C)CCSC. The number of nitrogens with two attached hydrogens (primary N) is 1. The van der Waals surface area contributed by atoms with Gasteiger partial charge >= 0.3 is 0 Å². The third-order valence-electron chi connectivity index (χ3n) is 3.38. The lowest BCUT2D eigenvalue weighted by Crippen LogP contribution is -2.39. The molecule has 2 unspecified atom stereocenters. The van der Waals surface area contributed by atoms with Crippen molar-refractivity contribution in [2.75, 3.05) is 25.6 Å². The van der Waals surface area contributed by atoms with E-state index < -0.39 is 0 Å². The van der Waals surface area contributed by atoms with Crippen molar-refractivity contribution in [2.45, 2.75) is 32.4 Å². The molecule has 1 rings (SSSR count). The lowest BCUT2D eigenvalue weighted by molar-refractivity contribution is 0.221. The first-order valence-electron chi connectivity index (χ1n) is 6.61. The quantitative estimate of drug-likeness (QED) is 0.822. The van der Waals surface area contributed by atoms with Gasteiger partial charge in [-0.05, 0) is 32.2 Å². The van der Waals surface area contributed by atoms with Crippen LogP contribution in [0.15, 0.2) is 24.3 Å². The zero-order valence-electron chi connectivity index (χ0n) is 12.0. The largest absolute Gasteiger partial charge is 0.326 e. The maximum absolute atomic E-state index is 6.32. The fourth-order valence-electron chi connectivity index (χ4n) is 2.28. The average molecular weight is 266 g/mol. The summed E-state index contributed by atoms with van der Waals surface area (Å²) < 4.78 is 0. The van der Waals surface area contributed by atoms with E-state index in [2.05, 4.69) is 56.3 Å². The van der Waals surface area contributed by atoms with Gasteiger partial charge in [-0.1, -0.05) is 36.8 Å². The van der Waals surface area contributed by atoms with Crippen LogP contribution in [0.3, 0.4) is 0 Å². The van der Waals surface area contributed by atoms with E-state index in [9.17, 15) is 0 Å². The van der Waals surface area contributed by atoms with E-state index in [1.807, 2.05) is 11.8 Å². The molecule has 18 heavy (non-hydrogen) atoms. The summed E-state index contributed by atoms with van der Waals surface area (Å²) in [5, 5.41) is 0. The smallest absolute Gasteiger partial charge is 0.0496 e. The molecule has 102 valence electrons. The third-order valence-corrected chi connectivity index (χ3v) is 3.97. The minimum Gasteiger partial charge on any atom is -0.326 e. The van der Waals surface area contributed by atoms with E-state index in [0.29, 0.717) is 6.04 Å². The van der Waals surface area contributed by atoms with Crippen LogP contribution >= 0.6 is 11.8 Å². The van der Waals surface area contributed by atoms with Gasteiger partial charge in [-0.15, -0.1) is 0 Å². The van der Waals surface area contributed by atoms with E-state index in [0.717, 1.165) is 18.7 Å². The van der Waals surface area contributed by atoms with Crippen LogP contribution in [0.4, 0.5) is 0 Å². The summed E-state index contributed by atoms with van der Waals surface area (Å²) >= 11 is 1.88. The van der Waals surface area contributed by atoms with Crippen molar-refractivity contribution in [3.8, 4) is 0 Å². The van der Waals surface area contributed by atoms with Gasteiger partial charge in [-0.25, -0.2) is 0 Å². The van der Waals surface area contributed by atoms with Gasteiger partial charge in [0.05, 0.1) is 0 Å². The van der Waals surface area contributed by atoms with E-state index in [1.54, 1.807) is 0 Å². The molecule has 2 N–H and O–H groups in total. The van der Waals surface area contributed by atoms with Crippen molar-refractivity contribution in [3.63, 3.8) is 0 Å². The summed E-state index contributed by atoms with van der Waals surface area (Å²) in [5.74, 6) is 1.15. The zero-order chi connectivity index (χ0) is 13.5. The predicted octanol–water partition coefficient (Wildman–Crippen LogP) is 3.07. The fourth-order valence-corrected chi connectivity index (χ4v) is 2.75. The molecular weight excluding hydrogens is 240 g/mol. The van der Waals surface area contributed by atoms with Gasteiger partial charge in [0.15, 0.2) is 0 Å². The first kappa shape index (κ1) is 15.5. The summed E-state index contributed by atoms with van der Waals surface area (Å²) in [6.45, 7) is 5.38. The number of likely N-dealkylation sites (N-methyl/N-ethyl adjacent to an activating group) is 1. The van der Waals surface area contributed by atoms with Gasteiger partial charge in [0.25, 0.3) is 0 Å². The Bertz CT molecular complexity index is 354.